The second-order valence-electron chi connectivity index (χ2n) is 13.5. The molecule has 0 nitrogen and oxygen atoms in total. The van der Waals surface area contributed by atoms with Crippen molar-refractivity contribution in [3.05, 3.63) is 0 Å². The van der Waals surface area contributed by atoms with Crippen molar-refractivity contribution in [3.63, 3.8) is 0 Å². The lowest BCUT2D eigenvalue weighted by Crippen LogP contribution is -2.53. The lowest BCUT2D eigenvalue weighted by atomic mass is 9.44. The molecule has 0 aromatic heterocycles. The van der Waals surface area contributed by atoms with Gasteiger partial charge in [0, 0.05) is 0 Å². The first kappa shape index (κ1) is 23.2. The second-order valence-corrected chi connectivity index (χ2v) is 13.5. The summed E-state index contributed by atoms with van der Waals surface area (Å²) in [6.45, 7) is 15.5. The maximum Gasteiger partial charge on any atom is -0.0264 e. The van der Waals surface area contributed by atoms with Gasteiger partial charge in [-0.15, -0.1) is 0 Å². The first-order valence-electron chi connectivity index (χ1n) is 14.3. The molecule has 4 aliphatic rings. The van der Waals surface area contributed by atoms with Gasteiger partial charge in [0.25, 0.3) is 0 Å². The van der Waals surface area contributed by atoms with E-state index in [9.17, 15) is 0 Å². The van der Waals surface area contributed by atoms with E-state index in [-0.39, 0.29) is 0 Å². The van der Waals surface area contributed by atoms with Gasteiger partial charge in [0.15, 0.2) is 0 Å². The third kappa shape index (κ3) is 3.94. The smallest absolute Gasteiger partial charge is 0.0264 e. The summed E-state index contributed by atoms with van der Waals surface area (Å²) in [4.78, 5) is 0. The van der Waals surface area contributed by atoms with Crippen molar-refractivity contribution in [3.8, 4) is 0 Å². The van der Waals surface area contributed by atoms with Crippen LogP contribution in [0.25, 0.3) is 0 Å². The largest absolute Gasteiger partial charge is 0.0654 e. The van der Waals surface area contributed by atoms with Gasteiger partial charge in [-0.05, 0) is 116 Å². The van der Waals surface area contributed by atoms with Crippen LogP contribution in [0.5, 0.6) is 0 Å². The fourth-order valence-corrected chi connectivity index (χ4v) is 10.1. The summed E-state index contributed by atoms with van der Waals surface area (Å²) in [5.41, 5.74) is 1.37. The quantitative estimate of drug-likeness (QED) is 0.389. The van der Waals surface area contributed by atoms with Gasteiger partial charge in [0.05, 0.1) is 0 Å². The molecule has 4 fully saturated rings. The summed E-state index contributed by atoms with van der Waals surface area (Å²) in [5, 5.41) is 0. The number of fused-ring (bicyclic) bond motifs is 5. The Morgan fingerprint density at radius 3 is 2.23 bits per heavy atom. The SMILES string of the molecule is CCC[C@H](CC[C@@H](C)[C@H]1CC[C@H]2[C@@H]3CCC4CCCC[C@]4(C)[C@H]3CC[C@]12C)C(C)C. The minimum absolute atomic E-state index is 0.663. The normalized spacial score (nSPS) is 45.5. The van der Waals surface area contributed by atoms with Gasteiger partial charge in [0.1, 0.15) is 0 Å². The zero-order valence-corrected chi connectivity index (χ0v) is 21.5. The van der Waals surface area contributed by atoms with Crippen LogP contribution in [-0.2, 0) is 0 Å². The van der Waals surface area contributed by atoms with Crippen LogP contribution in [0.1, 0.15) is 131 Å². The Kier molecular flexibility index (Phi) is 7.02. The maximum absolute atomic E-state index is 2.77. The van der Waals surface area contributed by atoms with Gasteiger partial charge in [-0.25, -0.2) is 0 Å². The molecule has 0 bridgehead atoms. The Morgan fingerprint density at radius 1 is 0.733 bits per heavy atom. The molecular formula is C30H54. The summed E-state index contributed by atoms with van der Waals surface area (Å²) >= 11 is 0. The van der Waals surface area contributed by atoms with E-state index in [0.29, 0.717) is 10.8 Å². The van der Waals surface area contributed by atoms with E-state index in [4.69, 9.17) is 0 Å². The lowest BCUT2D eigenvalue weighted by Gasteiger charge is -2.61. The van der Waals surface area contributed by atoms with Crippen LogP contribution in [0.4, 0.5) is 0 Å². The lowest BCUT2D eigenvalue weighted by molar-refractivity contribution is -0.114. The fraction of sp³-hybridized carbons (Fsp3) is 1.00. The van der Waals surface area contributed by atoms with Gasteiger partial charge in [-0.3, -0.25) is 0 Å². The second kappa shape index (κ2) is 9.09. The van der Waals surface area contributed by atoms with E-state index in [1.807, 2.05) is 0 Å². The van der Waals surface area contributed by atoms with Crippen LogP contribution in [0.3, 0.4) is 0 Å². The van der Waals surface area contributed by atoms with E-state index in [0.717, 1.165) is 47.3 Å². The molecule has 0 radical (unpaired) electrons. The third-order valence-electron chi connectivity index (χ3n) is 11.9. The Labute approximate surface area is 189 Å². The predicted octanol–water partition coefficient (Wildman–Crippen LogP) is 9.52. The first-order valence-corrected chi connectivity index (χ1v) is 14.3. The number of hydrogen-bond acceptors (Lipinski definition) is 0. The Bertz CT molecular complexity index is 562. The summed E-state index contributed by atoms with van der Waals surface area (Å²) in [7, 11) is 0. The highest BCUT2D eigenvalue weighted by Gasteiger charge is 2.60. The molecule has 0 aromatic carbocycles. The molecule has 0 heteroatoms. The topological polar surface area (TPSA) is 0 Å². The molecule has 0 aliphatic heterocycles. The molecule has 0 heterocycles. The first-order chi connectivity index (χ1) is 14.3. The van der Waals surface area contributed by atoms with Crippen LogP contribution in [0, 0.1) is 58.2 Å². The van der Waals surface area contributed by atoms with Gasteiger partial charge >= 0.3 is 0 Å². The van der Waals surface area contributed by atoms with Crippen LogP contribution in [0.15, 0.2) is 0 Å². The summed E-state index contributed by atoms with van der Waals surface area (Å²) < 4.78 is 0. The highest BCUT2D eigenvalue weighted by Crippen LogP contribution is 2.68. The van der Waals surface area contributed by atoms with Crippen molar-refractivity contribution in [2.24, 2.45) is 58.2 Å². The van der Waals surface area contributed by atoms with Crippen molar-refractivity contribution in [2.75, 3.05) is 0 Å². The summed E-state index contributed by atoms with van der Waals surface area (Å²) in [5.74, 6) is 8.04. The van der Waals surface area contributed by atoms with Crippen molar-refractivity contribution in [1.29, 1.82) is 0 Å². The molecule has 1 unspecified atom stereocenters. The number of hydrogen-bond donors (Lipinski definition) is 0. The zero-order chi connectivity index (χ0) is 21.5. The molecule has 30 heavy (non-hydrogen) atoms. The Morgan fingerprint density at radius 2 is 1.50 bits per heavy atom. The van der Waals surface area contributed by atoms with E-state index < -0.39 is 0 Å². The molecule has 174 valence electrons. The van der Waals surface area contributed by atoms with Crippen LogP contribution < -0.4 is 0 Å². The van der Waals surface area contributed by atoms with Gasteiger partial charge in [0.2, 0.25) is 0 Å². The predicted molar refractivity (Wildman–Crippen MR) is 131 cm³/mol. The minimum atomic E-state index is 0.663. The summed E-state index contributed by atoms with van der Waals surface area (Å²) in [6.07, 6.45) is 21.3. The Hall–Kier alpha value is 0. The monoisotopic (exact) mass is 414 g/mol. The van der Waals surface area contributed by atoms with Gasteiger partial charge in [-0.1, -0.05) is 73.6 Å². The Balaban J connectivity index is 1.43. The molecule has 4 saturated carbocycles. The number of rotatable bonds is 7. The van der Waals surface area contributed by atoms with Crippen LogP contribution in [-0.4, -0.2) is 0 Å². The third-order valence-corrected chi connectivity index (χ3v) is 11.9. The highest BCUT2D eigenvalue weighted by atomic mass is 14.6. The van der Waals surface area contributed by atoms with Crippen LogP contribution >= 0.6 is 0 Å². The van der Waals surface area contributed by atoms with Crippen molar-refractivity contribution in [1.82, 2.24) is 0 Å². The van der Waals surface area contributed by atoms with Crippen molar-refractivity contribution in [2.45, 2.75) is 131 Å². The molecule has 4 aliphatic carbocycles. The zero-order valence-electron chi connectivity index (χ0n) is 21.5. The molecule has 0 N–H and O–H groups in total. The van der Waals surface area contributed by atoms with Gasteiger partial charge < -0.3 is 0 Å². The van der Waals surface area contributed by atoms with E-state index in [1.54, 1.807) is 51.4 Å². The van der Waals surface area contributed by atoms with Gasteiger partial charge in [-0.2, -0.15) is 0 Å². The molecular weight excluding hydrogens is 360 g/mol. The maximum atomic E-state index is 2.77. The summed E-state index contributed by atoms with van der Waals surface area (Å²) in [6, 6.07) is 0. The van der Waals surface area contributed by atoms with Crippen molar-refractivity contribution >= 4 is 0 Å². The molecule has 0 spiro atoms. The fourth-order valence-electron chi connectivity index (χ4n) is 10.1. The van der Waals surface area contributed by atoms with Crippen LogP contribution in [0.2, 0.25) is 0 Å². The van der Waals surface area contributed by atoms with E-state index in [2.05, 4.69) is 41.5 Å². The van der Waals surface area contributed by atoms with Crippen molar-refractivity contribution < 1.29 is 0 Å². The molecule has 4 rings (SSSR count). The minimum Gasteiger partial charge on any atom is -0.0654 e. The van der Waals surface area contributed by atoms with E-state index in [1.165, 1.54) is 38.5 Å². The molecule has 9 atom stereocenters. The average Bonchev–Trinajstić information content (AvgIpc) is 3.07. The highest BCUT2D eigenvalue weighted by molar-refractivity contribution is 5.09. The molecule has 0 amide bonds. The molecule has 0 saturated heterocycles. The average molecular weight is 415 g/mol. The molecule has 0 aromatic rings. The standard InChI is InChI=1S/C30H54/c1-7-10-23(21(2)3)13-12-22(4)26-16-17-27-25-15-14-24-11-8-9-19-29(24,5)28(25)18-20-30(26,27)6/h21-28H,7-20H2,1-6H3/t22-,23-,24?,25+,26-,27+,28+,29+,30-/m1/s1. The van der Waals surface area contributed by atoms with E-state index >= 15 is 0 Å².